The number of rotatable bonds is 7. The van der Waals surface area contributed by atoms with Gasteiger partial charge in [0.1, 0.15) is 5.82 Å². The van der Waals surface area contributed by atoms with E-state index < -0.39 is 6.04 Å². The maximum Gasteiger partial charge on any atom is 0.146 e. The summed E-state index contributed by atoms with van der Waals surface area (Å²) >= 11 is 0. The van der Waals surface area contributed by atoms with Crippen LogP contribution >= 0.6 is 0 Å². The first kappa shape index (κ1) is 15.6. The molecule has 0 aromatic carbocycles. The predicted octanol–water partition coefficient (Wildman–Crippen LogP) is 2.53. The topological polar surface area (TPSA) is 68.8 Å². The SMILES string of the molecule is CCC(CC)n1ccc(CC(NN)c2ncccc2F)n1. The Morgan fingerprint density at radius 1 is 1.33 bits per heavy atom. The highest BCUT2D eigenvalue weighted by atomic mass is 19.1. The summed E-state index contributed by atoms with van der Waals surface area (Å²) in [4.78, 5) is 4.07. The molecule has 2 rings (SSSR count). The van der Waals surface area contributed by atoms with Crippen molar-refractivity contribution in [3.05, 3.63) is 47.8 Å². The van der Waals surface area contributed by atoms with Crippen LogP contribution in [0.3, 0.4) is 0 Å². The van der Waals surface area contributed by atoms with Gasteiger partial charge in [0.05, 0.1) is 23.5 Å². The van der Waals surface area contributed by atoms with E-state index in [0.29, 0.717) is 18.2 Å². The molecule has 0 saturated carbocycles. The second kappa shape index (κ2) is 7.28. The number of nitrogens with zero attached hydrogens (tertiary/aromatic N) is 3. The van der Waals surface area contributed by atoms with Crippen LogP contribution in [0.5, 0.6) is 0 Å². The smallest absolute Gasteiger partial charge is 0.146 e. The highest BCUT2D eigenvalue weighted by Crippen LogP contribution is 2.19. The van der Waals surface area contributed by atoms with Crippen LogP contribution in [-0.4, -0.2) is 14.8 Å². The summed E-state index contributed by atoms with van der Waals surface area (Å²) in [6.45, 7) is 4.28. The first-order valence-electron chi connectivity index (χ1n) is 7.30. The van der Waals surface area contributed by atoms with E-state index in [2.05, 4.69) is 29.4 Å². The number of halogens is 1. The molecule has 0 fully saturated rings. The van der Waals surface area contributed by atoms with Crippen LogP contribution in [0.1, 0.15) is 50.2 Å². The van der Waals surface area contributed by atoms with E-state index >= 15 is 0 Å². The fourth-order valence-electron chi connectivity index (χ4n) is 2.45. The standard InChI is InChI=1S/C15H22FN5/c1-3-12(4-2)21-9-7-11(20-21)10-14(19-17)15-13(16)6-5-8-18-15/h5-9,12,14,19H,3-4,10,17H2,1-2H3. The summed E-state index contributed by atoms with van der Waals surface area (Å²) < 4.78 is 15.8. The number of hydrazine groups is 1. The Balaban J connectivity index is 2.14. The monoisotopic (exact) mass is 291 g/mol. The fraction of sp³-hybridized carbons (Fsp3) is 0.467. The molecular formula is C15H22FN5. The number of hydrogen-bond acceptors (Lipinski definition) is 4. The molecular weight excluding hydrogens is 269 g/mol. The van der Waals surface area contributed by atoms with Crippen molar-refractivity contribution < 1.29 is 4.39 Å². The third-order valence-corrected chi connectivity index (χ3v) is 3.71. The van der Waals surface area contributed by atoms with Crippen molar-refractivity contribution in [3.8, 4) is 0 Å². The van der Waals surface area contributed by atoms with E-state index in [1.165, 1.54) is 6.07 Å². The largest absolute Gasteiger partial charge is 0.271 e. The molecule has 2 aromatic rings. The maximum atomic E-state index is 13.8. The van der Waals surface area contributed by atoms with Crippen molar-refractivity contribution in [2.75, 3.05) is 0 Å². The van der Waals surface area contributed by atoms with Crippen LogP contribution in [0.4, 0.5) is 4.39 Å². The third-order valence-electron chi connectivity index (χ3n) is 3.71. The lowest BCUT2D eigenvalue weighted by atomic mass is 10.1. The number of aromatic nitrogens is 3. The van der Waals surface area contributed by atoms with E-state index in [1.807, 2.05) is 16.9 Å². The Morgan fingerprint density at radius 2 is 2.10 bits per heavy atom. The first-order valence-corrected chi connectivity index (χ1v) is 7.30. The quantitative estimate of drug-likeness (QED) is 0.607. The Bertz CT molecular complexity index is 565. The van der Waals surface area contributed by atoms with Gasteiger partial charge < -0.3 is 0 Å². The van der Waals surface area contributed by atoms with E-state index in [9.17, 15) is 4.39 Å². The summed E-state index contributed by atoms with van der Waals surface area (Å²) in [5.74, 6) is 5.19. The number of nitrogens with two attached hydrogens (primary N) is 1. The van der Waals surface area contributed by atoms with Gasteiger partial charge in [-0.2, -0.15) is 5.10 Å². The zero-order valence-corrected chi connectivity index (χ0v) is 12.5. The molecule has 5 nitrogen and oxygen atoms in total. The second-order valence-corrected chi connectivity index (χ2v) is 5.05. The summed E-state index contributed by atoms with van der Waals surface area (Å²) in [5, 5.41) is 4.57. The minimum Gasteiger partial charge on any atom is -0.271 e. The Kier molecular flexibility index (Phi) is 5.41. The summed E-state index contributed by atoms with van der Waals surface area (Å²) in [6, 6.07) is 4.90. The lowest BCUT2D eigenvalue weighted by Crippen LogP contribution is -2.31. The van der Waals surface area contributed by atoms with Crippen molar-refractivity contribution in [3.63, 3.8) is 0 Å². The van der Waals surface area contributed by atoms with Crippen molar-refractivity contribution in [2.45, 2.75) is 45.2 Å². The Hall–Kier alpha value is -1.79. The van der Waals surface area contributed by atoms with Gasteiger partial charge in [0.25, 0.3) is 0 Å². The maximum absolute atomic E-state index is 13.8. The van der Waals surface area contributed by atoms with Gasteiger partial charge in [-0.05, 0) is 31.0 Å². The predicted molar refractivity (Wildman–Crippen MR) is 79.8 cm³/mol. The molecule has 0 aliphatic heterocycles. The van der Waals surface area contributed by atoms with Gasteiger partial charge in [-0.15, -0.1) is 0 Å². The average molecular weight is 291 g/mol. The molecule has 21 heavy (non-hydrogen) atoms. The molecule has 0 spiro atoms. The molecule has 3 N–H and O–H groups in total. The van der Waals surface area contributed by atoms with Crippen LogP contribution in [0.15, 0.2) is 30.6 Å². The summed E-state index contributed by atoms with van der Waals surface area (Å²) in [5.41, 5.74) is 3.81. The molecule has 114 valence electrons. The van der Waals surface area contributed by atoms with Gasteiger partial charge >= 0.3 is 0 Å². The van der Waals surface area contributed by atoms with Crippen LogP contribution in [0.2, 0.25) is 0 Å². The molecule has 1 atom stereocenters. The van der Waals surface area contributed by atoms with Crippen LogP contribution in [0, 0.1) is 5.82 Å². The van der Waals surface area contributed by atoms with Gasteiger partial charge in [-0.1, -0.05) is 13.8 Å². The fourth-order valence-corrected chi connectivity index (χ4v) is 2.45. The van der Waals surface area contributed by atoms with Gasteiger partial charge in [-0.25, -0.2) is 4.39 Å². The molecule has 1 unspecified atom stereocenters. The zero-order chi connectivity index (χ0) is 15.2. The zero-order valence-electron chi connectivity index (χ0n) is 12.5. The van der Waals surface area contributed by atoms with E-state index in [0.717, 1.165) is 18.5 Å². The lowest BCUT2D eigenvalue weighted by Gasteiger charge is -2.15. The molecule has 0 amide bonds. The number of hydrogen-bond donors (Lipinski definition) is 2. The van der Waals surface area contributed by atoms with Crippen molar-refractivity contribution in [2.24, 2.45) is 5.84 Å². The molecule has 6 heteroatoms. The van der Waals surface area contributed by atoms with Crippen LogP contribution in [0.25, 0.3) is 0 Å². The minimum absolute atomic E-state index is 0.317. The van der Waals surface area contributed by atoms with Crippen LogP contribution < -0.4 is 11.3 Å². The Labute approximate surface area is 124 Å². The third kappa shape index (κ3) is 3.65. The van der Waals surface area contributed by atoms with Crippen molar-refractivity contribution in [1.82, 2.24) is 20.2 Å². The van der Waals surface area contributed by atoms with Gasteiger partial charge in [0.15, 0.2) is 0 Å². The molecule has 0 radical (unpaired) electrons. The molecule has 2 heterocycles. The van der Waals surface area contributed by atoms with E-state index in [4.69, 9.17) is 5.84 Å². The molecule has 0 aliphatic rings. The van der Waals surface area contributed by atoms with Gasteiger partial charge in [0.2, 0.25) is 0 Å². The average Bonchev–Trinajstić information content (AvgIpc) is 2.95. The van der Waals surface area contributed by atoms with E-state index in [1.54, 1.807) is 12.3 Å². The first-order chi connectivity index (χ1) is 10.2. The molecule has 0 bridgehead atoms. The highest BCUT2D eigenvalue weighted by Gasteiger charge is 2.18. The number of pyridine rings is 1. The molecule has 0 saturated heterocycles. The van der Waals surface area contributed by atoms with Gasteiger partial charge in [-0.3, -0.25) is 20.9 Å². The van der Waals surface area contributed by atoms with Gasteiger partial charge in [0, 0.05) is 18.8 Å². The molecule has 2 aromatic heterocycles. The number of nitrogens with one attached hydrogen (secondary N) is 1. The highest BCUT2D eigenvalue weighted by molar-refractivity contribution is 5.14. The van der Waals surface area contributed by atoms with Crippen LogP contribution in [-0.2, 0) is 6.42 Å². The summed E-state index contributed by atoms with van der Waals surface area (Å²) in [7, 11) is 0. The Morgan fingerprint density at radius 3 is 2.71 bits per heavy atom. The lowest BCUT2D eigenvalue weighted by molar-refractivity contribution is 0.421. The second-order valence-electron chi connectivity index (χ2n) is 5.05. The minimum atomic E-state index is -0.392. The molecule has 0 aliphatic carbocycles. The summed E-state index contributed by atoms with van der Waals surface area (Å²) in [6.07, 6.45) is 6.09. The van der Waals surface area contributed by atoms with Crippen molar-refractivity contribution >= 4 is 0 Å². The normalized spacial score (nSPS) is 12.8. The van der Waals surface area contributed by atoms with Crippen molar-refractivity contribution in [1.29, 1.82) is 0 Å². The van der Waals surface area contributed by atoms with E-state index in [-0.39, 0.29) is 5.82 Å².